The van der Waals surface area contributed by atoms with Crippen LogP contribution >= 0.6 is 0 Å². The standard InChI is InChI=1S/C14H21FN2O/c1-17(10-14(9-16)5-6-14)8-11-7-12(15)3-4-13(11)18-2/h3-4,7H,5-6,8-10,16H2,1-2H3. The maximum absolute atomic E-state index is 13.3. The minimum atomic E-state index is -0.223. The second-order valence-corrected chi connectivity index (χ2v) is 5.33. The minimum absolute atomic E-state index is 0.223. The van der Waals surface area contributed by atoms with Crippen LogP contribution in [0.4, 0.5) is 4.39 Å². The lowest BCUT2D eigenvalue weighted by Gasteiger charge is -2.23. The van der Waals surface area contributed by atoms with E-state index in [-0.39, 0.29) is 5.82 Å². The Bertz CT molecular complexity index is 418. The molecule has 0 saturated heterocycles. The van der Waals surface area contributed by atoms with Crippen molar-refractivity contribution < 1.29 is 9.13 Å². The first kappa shape index (κ1) is 13.3. The maximum atomic E-state index is 13.3. The number of ether oxygens (including phenoxy) is 1. The average Bonchev–Trinajstić information content (AvgIpc) is 3.09. The van der Waals surface area contributed by atoms with Gasteiger partial charge < -0.3 is 15.4 Å². The van der Waals surface area contributed by atoms with E-state index < -0.39 is 0 Å². The second-order valence-electron chi connectivity index (χ2n) is 5.33. The van der Waals surface area contributed by atoms with Gasteiger partial charge in [0.2, 0.25) is 0 Å². The predicted octanol–water partition coefficient (Wildman–Crippen LogP) is 2.00. The zero-order valence-electron chi connectivity index (χ0n) is 11.1. The molecule has 2 N–H and O–H groups in total. The molecular weight excluding hydrogens is 231 g/mol. The number of rotatable bonds is 6. The van der Waals surface area contributed by atoms with Gasteiger partial charge in [0.25, 0.3) is 0 Å². The number of benzene rings is 1. The molecule has 1 aliphatic rings. The van der Waals surface area contributed by atoms with Crippen molar-refractivity contribution >= 4 is 0 Å². The third-order valence-electron chi connectivity index (χ3n) is 3.68. The van der Waals surface area contributed by atoms with E-state index in [4.69, 9.17) is 10.5 Å². The number of nitrogens with two attached hydrogens (primary N) is 1. The molecule has 0 heterocycles. The van der Waals surface area contributed by atoms with E-state index in [0.29, 0.717) is 12.0 Å². The van der Waals surface area contributed by atoms with Crippen LogP contribution in [0.5, 0.6) is 5.75 Å². The summed E-state index contributed by atoms with van der Waals surface area (Å²) in [4.78, 5) is 2.19. The molecule has 0 unspecified atom stereocenters. The number of nitrogens with zero attached hydrogens (tertiary/aromatic N) is 1. The Morgan fingerprint density at radius 1 is 1.44 bits per heavy atom. The lowest BCUT2D eigenvalue weighted by molar-refractivity contribution is 0.255. The number of methoxy groups -OCH3 is 1. The van der Waals surface area contributed by atoms with Crippen LogP contribution in [0.3, 0.4) is 0 Å². The summed E-state index contributed by atoms with van der Waals surface area (Å²) in [7, 11) is 3.65. The van der Waals surface area contributed by atoms with Crippen LogP contribution in [0, 0.1) is 11.2 Å². The smallest absolute Gasteiger partial charge is 0.123 e. The topological polar surface area (TPSA) is 38.5 Å². The predicted molar refractivity (Wildman–Crippen MR) is 70.0 cm³/mol. The molecule has 3 nitrogen and oxygen atoms in total. The highest BCUT2D eigenvalue weighted by Crippen LogP contribution is 2.45. The Morgan fingerprint density at radius 2 is 2.17 bits per heavy atom. The molecule has 1 saturated carbocycles. The monoisotopic (exact) mass is 252 g/mol. The Balaban J connectivity index is 2.02. The molecule has 0 radical (unpaired) electrons. The number of hydrogen-bond acceptors (Lipinski definition) is 3. The van der Waals surface area contributed by atoms with E-state index in [1.165, 1.54) is 25.0 Å². The van der Waals surface area contributed by atoms with Crippen molar-refractivity contribution in [1.29, 1.82) is 0 Å². The van der Waals surface area contributed by atoms with Crippen LogP contribution < -0.4 is 10.5 Å². The van der Waals surface area contributed by atoms with E-state index >= 15 is 0 Å². The van der Waals surface area contributed by atoms with Gasteiger partial charge in [0.05, 0.1) is 7.11 Å². The van der Waals surface area contributed by atoms with Gasteiger partial charge >= 0.3 is 0 Å². The minimum Gasteiger partial charge on any atom is -0.496 e. The van der Waals surface area contributed by atoms with Gasteiger partial charge in [-0.3, -0.25) is 0 Å². The Morgan fingerprint density at radius 3 is 2.72 bits per heavy atom. The van der Waals surface area contributed by atoms with Gasteiger partial charge in [-0.05, 0) is 50.0 Å². The molecule has 0 amide bonds. The number of halogens is 1. The summed E-state index contributed by atoms with van der Waals surface area (Å²) in [6.07, 6.45) is 2.41. The maximum Gasteiger partial charge on any atom is 0.123 e. The first-order valence-electron chi connectivity index (χ1n) is 6.30. The lowest BCUT2D eigenvalue weighted by Crippen LogP contribution is -2.31. The van der Waals surface area contributed by atoms with E-state index in [0.717, 1.165) is 24.4 Å². The van der Waals surface area contributed by atoms with E-state index in [2.05, 4.69) is 4.90 Å². The summed E-state index contributed by atoms with van der Waals surface area (Å²) >= 11 is 0. The van der Waals surface area contributed by atoms with Gasteiger partial charge in [0, 0.05) is 18.7 Å². The van der Waals surface area contributed by atoms with Crippen LogP contribution in [0.15, 0.2) is 18.2 Å². The molecule has 1 aromatic rings. The van der Waals surface area contributed by atoms with Crippen LogP contribution in [0.25, 0.3) is 0 Å². The largest absolute Gasteiger partial charge is 0.496 e. The van der Waals surface area contributed by atoms with Crippen molar-refractivity contribution in [2.75, 3.05) is 27.2 Å². The molecular formula is C14H21FN2O. The molecule has 1 aromatic carbocycles. The van der Waals surface area contributed by atoms with E-state index in [9.17, 15) is 4.39 Å². The van der Waals surface area contributed by atoms with Gasteiger partial charge in [-0.1, -0.05) is 0 Å². The molecule has 4 heteroatoms. The highest BCUT2D eigenvalue weighted by Gasteiger charge is 2.41. The van der Waals surface area contributed by atoms with Gasteiger partial charge in [0.1, 0.15) is 11.6 Å². The van der Waals surface area contributed by atoms with Gasteiger partial charge in [-0.2, -0.15) is 0 Å². The first-order chi connectivity index (χ1) is 8.58. The molecule has 100 valence electrons. The molecule has 0 atom stereocenters. The quantitative estimate of drug-likeness (QED) is 0.841. The Labute approximate surface area is 108 Å². The summed E-state index contributed by atoms with van der Waals surface area (Å²) < 4.78 is 18.5. The summed E-state index contributed by atoms with van der Waals surface area (Å²) in [6.45, 7) is 2.38. The summed E-state index contributed by atoms with van der Waals surface area (Å²) in [5.41, 5.74) is 6.96. The lowest BCUT2D eigenvalue weighted by atomic mass is 10.1. The molecule has 18 heavy (non-hydrogen) atoms. The fraction of sp³-hybridized carbons (Fsp3) is 0.571. The summed E-state index contributed by atoms with van der Waals surface area (Å²) in [5.74, 6) is 0.514. The van der Waals surface area contributed by atoms with Gasteiger partial charge in [0.15, 0.2) is 0 Å². The molecule has 0 aliphatic heterocycles. The second kappa shape index (κ2) is 5.24. The molecule has 1 fully saturated rings. The zero-order valence-corrected chi connectivity index (χ0v) is 11.1. The normalized spacial score (nSPS) is 16.9. The van der Waals surface area contributed by atoms with Crippen LogP contribution in [0.2, 0.25) is 0 Å². The van der Waals surface area contributed by atoms with E-state index in [1.807, 2.05) is 7.05 Å². The van der Waals surface area contributed by atoms with Crippen LogP contribution in [-0.2, 0) is 6.54 Å². The van der Waals surface area contributed by atoms with Gasteiger partial charge in [-0.25, -0.2) is 4.39 Å². The third-order valence-corrected chi connectivity index (χ3v) is 3.68. The third kappa shape index (κ3) is 3.00. The molecule has 0 spiro atoms. The Kier molecular flexibility index (Phi) is 3.88. The summed E-state index contributed by atoms with van der Waals surface area (Å²) in [6, 6.07) is 4.64. The molecule has 1 aliphatic carbocycles. The number of hydrogen-bond donors (Lipinski definition) is 1. The van der Waals surface area contributed by atoms with Crippen molar-refractivity contribution in [1.82, 2.24) is 4.90 Å². The SMILES string of the molecule is COc1ccc(F)cc1CN(C)CC1(CN)CC1. The summed E-state index contributed by atoms with van der Waals surface area (Å²) in [5, 5.41) is 0. The zero-order chi connectivity index (χ0) is 13.2. The molecule has 0 aromatic heterocycles. The van der Waals surface area contributed by atoms with E-state index in [1.54, 1.807) is 13.2 Å². The van der Waals surface area contributed by atoms with Crippen molar-refractivity contribution in [3.63, 3.8) is 0 Å². The van der Waals surface area contributed by atoms with Crippen molar-refractivity contribution in [2.45, 2.75) is 19.4 Å². The highest BCUT2D eigenvalue weighted by molar-refractivity contribution is 5.33. The van der Waals surface area contributed by atoms with Crippen LogP contribution in [-0.4, -0.2) is 32.1 Å². The fourth-order valence-electron chi connectivity index (χ4n) is 2.39. The molecule has 0 bridgehead atoms. The van der Waals surface area contributed by atoms with Crippen LogP contribution in [0.1, 0.15) is 18.4 Å². The van der Waals surface area contributed by atoms with Gasteiger partial charge in [-0.15, -0.1) is 0 Å². The first-order valence-corrected chi connectivity index (χ1v) is 6.30. The Hall–Kier alpha value is -1.13. The van der Waals surface area contributed by atoms with Crippen molar-refractivity contribution in [3.8, 4) is 5.75 Å². The highest BCUT2D eigenvalue weighted by atomic mass is 19.1. The molecule has 2 rings (SSSR count). The van der Waals surface area contributed by atoms with Crippen molar-refractivity contribution in [3.05, 3.63) is 29.6 Å². The fourth-order valence-corrected chi connectivity index (χ4v) is 2.39. The average molecular weight is 252 g/mol. The van der Waals surface area contributed by atoms with Crippen molar-refractivity contribution in [2.24, 2.45) is 11.1 Å².